The molecule has 0 spiro atoms. The summed E-state index contributed by atoms with van der Waals surface area (Å²) in [4.78, 5) is 14.0. The van der Waals surface area contributed by atoms with E-state index in [0.717, 1.165) is 42.9 Å². The fraction of sp³-hybridized carbons (Fsp3) is 0.571. The molecule has 0 saturated heterocycles. The van der Waals surface area contributed by atoms with Crippen molar-refractivity contribution in [2.75, 3.05) is 6.54 Å². The number of thiocarbonyl (C=S) groups is 1. The van der Waals surface area contributed by atoms with Crippen molar-refractivity contribution in [3.05, 3.63) is 21.3 Å². The van der Waals surface area contributed by atoms with Gasteiger partial charge in [0, 0.05) is 11.4 Å². The molecule has 3 N–H and O–H groups in total. The number of rotatable bonds is 5. The molecule has 1 fully saturated rings. The third-order valence-corrected chi connectivity index (χ3v) is 5.58. The molecule has 1 amide bonds. The first-order valence-electron chi connectivity index (χ1n) is 6.87. The Bertz CT molecular complexity index is 495. The minimum absolute atomic E-state index is 0.00708. The summed E-state index contributed by atoms with van der Waals surface area (Å²) >= 11 is 12.6. The van der Waals surface area contributed by atoms with Crippen molar-refractivity contribution >= 4 is 46.1 Å². The van der Waals surface area contributed by atoms with E-state index in [1.54, 1.807) is 11.3 Å². The number of amides is 1. The summed E-state index contributed by atoms with van der Waals surface area (Å²) in [6.07, 6.45) is 5.54. The molecule has 0 unspecified atom stereocenters. The second-order valence-corrected chi connectivity index (χ2v) is 7.46. The molecular weight excluding hydrogens is 312 g/mol. The van der Waals surface area contributed by atoms with Gasteiger partial charge in [-0.1, -0.05) is 43.1 Å². The zero-order chi connectivity index (χ0) is 14.6. The van der Waals surface area contributed by atoms with Crippen molar-refractivity contribution in [1.29, 1.82) is 0 Å². The van der Waals surface area contributed by atoms with E-state index in [9.17, 15) is 4.79 Å². The van der Waals surface area contributed by atoms with Gasteiger partial charge in [0.1, 0.15) is 0 Å². The lowest BCUT2D eigenvalue weighted by molar-refractivity contribution is -0.128. The fourth-order valence-electron chi connectivity index (χ4n) is 2.70. The number of halogens is 1. The molecule has 0 aromatic carbocycles. The van der Waals surface area contributed by atoms with E-state index in [1.807, 2.05) is 12.1 Å². The molecular formula is C14H19ClN2OS2. The van der Waals surface area contributed by atoms with Crippen molar-refractivity contribution in [2.45, 2.75) is 38.5 Å². The standard InChI is InChI=1S/C14H19ClN2OS2/c15-11-5-4-10(20-11)6-9-17-13(18)14(12(16)19)7-2-1-3-8-14/h4-5H,1-3,6-9H2,(H2,16,19)(H,17,18). The minimum atomic E-state index is -0.624. The van der Waals surface area contributed by atoms with Crippen molar-refractivity contribution < 1.29 is 4.79 Å². The SMILES string of the molecule is NC(=S)C1(C(=O)NCCc2ccc(Cl)s2)CCCCC1. The first kappa shape index (κ1) is 15.7. The van der Waals surface area contributed by atoms with Gasteiger partial charge in [-0.3, -0.25) is 4.79 Å². The van der Waals surface area contributed by atoms with Crippen LogP contribution in [-0.4, -0.2) is 17.4 Å². The van der Waals surface area contributed by atoms with Gasteiger partial charge >= 0.3 is 0 Å². The van der Waals surface area contributed by atoms with Crippen LogP contribution in [0.5, 0.6) is 0 Å². The van der Waals surface area contributed by atoms with Crippen LogP contribution in [0, 0.1) is 5.41 Å². The van der Waals surface area contributed by atoms with Gasteiger partial charge in [0.05, 0.1) is 14.7 Å². The van der Waals surface area contributed by atoms with Gasteiger partial charge in [-0.05, 0) is 31.4 Å². The number of hydrogen-bond donors (Lipinski definition) is 2. The number of carbonyl (C=O) groups is 1. The highest BCUT2D eigenvalue weighted by Crippen LogP contribution is 2.37. The van der Waals surface area contributed by atoms with Crippen LogP contribution in [0.1, 0.15) is 37.0 Å². The first-order valence-corrected chi connectivity index (χ1v) is 8.47. The van der Waals surface area contributed by atoms with Crippen LogP contribution in [0.4, 0.5) is 0 Å². The zero-order valence-electron chi connectivity index (χ0n) is 11.3. The first-order chi connectivity index (χ1) is 9.54. The molecule has 0 radical (unpaired) electrons. The van der Waals surface area contributed by atoms with Gasteiger partial charge in [-0.25, -0.2) is 0 Å². The maximum Gasteiger partial charge on any atom is 0.233 e. The highest BCUT2D eigenvalue weighted by Gasteiger charge is 2.42. The molecule has 0 aliphatic heterocycles. The summed E-state index contributed by atoms with van der Waals surface area (Å²) in [5.74, 6) is -0.00708. The number of thiophene rings is 1. The zero-order valence-corrected chi connectivity index (χ0v) is 13.7. The summed E-state index contributed by atoms with van der Waals surface area (Å²) in [6.45, 7) is 0.597. The normalized spacial score (nSPS) is 17.6. The smallest absolute Gasteiger partial charge is 0.233 e. The van der Waals surface area contributed by atoms with Crippen LogP contribution in [0.25, 0.3) is 0 Å². The Labute approximate surface area is 133 Å². The molecule has 1 saturated carbocycles. The fourth-order valence-corrected chi connectivity index (χ4v) is 4.08. The lowest BCUT2D eigenvalue weighted by atomic mass is 9.73. The number of carbonyl (C=O) groups excluding carboxylic acids is 1. The Morgan fingerprint density at radius 3 is 2.65 bits per heavy atom. The third-order valence-electron chi connectivity index (χ3n) is 3.90. The molecule has 0 atom stereocenters. The van der Waals surface area contributed by atoms with E-state index in [2.05, 4.69) is 5.32 Å². The molecule has 20 heavy (non-hydrogen) atoms. The van der Waals surface area contributed by atoms with Crippen LogP contribution in [-0.2, 0) is 11.2 Å². The molecule has 110 valence electrons. The van der Waals surface area contributed by atoms with Gasteiger partial charge in [-0.15, -0.1) is 11.3 Å². The summed E-state index contributed by atoms with van der Waals surface area (Å²) < 4.78 is 0.776. The van der Waals surface area contributed by atoms with E-state index in [0.29, 0.717) is 11.5 Å². The van der Waals surface area contributed by atoms with Crippen molar-refractivity contribution in [2.24, 2.45) is 11.1 Å². The van der Waals surface area contributed by atoms with Crippen LogP contribution in [0.2, 0.25) is 4.34 Å². The quantitative estimate of drug-likeness (QED) is 0.814. The summed E-state index contributed by atoms with van der Waals surface area (Å²) in [7, 11) is 0. The van der Waals surface area contributed by atoms with Gasteiger partial charge in [0.25, 0.3) is 0 Å². The predicted octanol–water partition coefficient (Wildman–Crippen LogP) is 3.30. The second-order valence-electron chi connectivity index (χ2n) is 5.22. The molecule has 1 aromatic heterocycles. The lowest BCUT2D eigenvalue weighted by Gasteiger charge is -2.34. The van der Waals surface area contributed by atoms with E-state index in [1.165, 1.54) is 4.88 Å². The molecule has 1 aromatic rings. The topological polar surface area (TPSA) is 55.1 Å². The highest BCUT2D eigenvalue weighted by molar-refractivity contribution is 7.80. The summed E-state index contributed by atoms with van der Waals surface area (Å²) in [5.41, 5.74) is 5.22. The van der Waals surface area contributed by atoms with Gasteiger partial charge in [-0.2, -0.15) is 0 Å². The molecule has 6 heteroatoms. The number of nitrogens with one attached hydrogen (secondary N) is 1. The predicted molar refractivity (Wildman–Crippen MR) is 88.3 cm³/mol. The monoisotopic (exact) mass is 330 g/mol. The Balaban J connectivity index is 1.90. The van der Waals surface area contributed by atoms with Crippen LogP contribution in [0.15, 0.2) is 12.1 Å². The second kappa shape index (κ2) is 6.87. The van der Waals surface area contributed by atoms with Crippen LogP contribution >= 0.6 is 35.2 Å². The summed E-state index contributed by atoms with van der Waals surface area (Å²) in [6, 6.07) is 3.87. The Hall–Kier alpha value is -0.650. The molecule has 1 heterocycles. The molecule has 1 aliphatic carbocycles. The maximum atomic E-state index is 12.5. The largest absolute Gasteiger partial charge is 0.392 e. The van der Waals surface area contributed by atoms with E-state index in [4.69, 9.17) is 29.6 Å². The summed E-state index contributed by atoms with van der Waals surface area (Å²) in [5, 5.41) is 2.99. The number of nitrogens with two attached hydrogens (primary N) is 1. The third kappa shape index (κ3) is 3.51. The maximum absolute atomic E-state index is 12.5. The Morgan fingerprint density at radius 2 is 2.10 bits per heavy atom. The Morgan fingerprint density at radius 1 is 1.40 bits per heavy atom. The molecule has 3 nitrogen and oxygen atoms in total. The molecule has 2 rings (SSSR count). The van der Waals surface area contributed by atoms with Crippen LogP contribution < -0.4 is 11.1 Å². The van der Waals surface area contributed by atoms with Crippen molar-refractivity contribution in [3.8, 4) is 0 Å². The highest BCUT2D eigenvalue weighted by atomic mass is 35.5. The average Bonchev–Trinajstić information content (AvgIpc) is 2.85. The van der Waals surface area contributed by atoms with Crippen molar-refractivity contribution in [1.82, 2.24) is 5.32 Å². The minimum Gasteiger partial charge on any atom is -0.392 e. The Kier molecular flexibility index (Phi) is 5.41. The van der Waals surface area contributed by atoms with E-state index < -0.39 is 5.41 Å². The number of hydrogen-bond acceptors (Lipinski definition) is 3. The average molecular weight is 331 g/mol. The van der Waals surface area contributed by atoms with Gasteiger partial charge < -0.3 is 11.1 Å². The van der Waals surface area contributed by atoms with Crippen LogP contribution in [0.3, 0.4) is 0 Å². The van der Waals surface area contributed by atoms with Crippen molar-refractivity contribution in [3.63, 3.8) is 0 Å². The lowest BCUT2D eigenvalue weighted by Crippen LogP contribution is -2.50. The molecule has 1 aliphatic rings. The molecule has 0 bridgehead atoms. The van der Waals surface area contributed by atoms with E-state index in [-0.39, 0.29) is 5.91 Å². The van der Waals surface area contributed by atoms with Gasteiger partial charge in [0.2, 0.25) is 5.91 Å². The van der Waals surface area contributed by atoms with E-state index >= 15 is 0 Å². The van der Waals surface area contributed by atoms with Gasteiger partial charge in [0.15, 0.2) is 0 Å².